The standard InChI is InChI=1S/C18H13Cl2NO3S/c19-12-6-4-11(5-7-12)15-16(25-9-8-22)18(24)21(17(15)23)14-3-1-2-13(20)10-14/h1-7,10,22H,8-9H2. The quantitative estimate of drug-likeness (QED) is 0.779. The van der Waals surface area contributed by atoms with E-state index in [0.29, 0.717) is 37.5 Å². The summed E-state index contributed by atoms with van der Waals surface area (Å²) in [7, 11) is 0. The van der Waals surface area contributed by atoms with E-state index in [1.807, 2.05) is 0 Å². The number of thioether (sulfide) groups is 1. The molecule has 7 heteroatoms. The molecule has 3 rings (SSSR count). The van der Waals surface area contributed by atoms with Gasteiger partial charge in [-0.3, -0.25) is 9.59 Å². The molecule has 1 N–H and O–H groups in total. The van der Waals surface area contributed by atoms with Crippen LogP contribution in [0, 0.1) is 0 Å². The van der Waals surface area contributed by atoms with Crippen molar-refractivity contribution in [2.24, 2.45) is 0 Å². The van der Waals surface area contributed by atoms with Gasteiger partial charge >= 0.3 is 0 Å². The molecular formula is C18H13Cl2NO3S. The van der Waals surface area contributed by atoms with E-state index in [9.17, 15) is 9.59 Å². The minimum atomic E-state index is -0.421. The second-order valence-corrected chi connectivity index (χ2v) is 7.19. The Bertz CT molecular complexity index is 865. The van der Waals surface area contributed by atoms with Crippen molar-refractivity contribution in [3.63, 3.8) is 0 Å². The zero-order valence-corrected chi connectivity index (χ0v) is 15.2. The third kappa shape index (κ3) is 3.60. The molecule has 2 aromatic rings. The summed E-state index contributed by atoms with van der Waals surface area (Å²) in [5.41, 5.74) is 1.32. The Labute approximate surface area is 159 Å². The van der Waals surface area contributed by atoms with E-state index in [1.165, 1.54) is 0 Å². The van der Waals surface area contributed by atoms with Crippen molar-refractivity contribution in [2.75, 3.05) is 17.3 Å². The van der Waals surface area contributed by atoms with Gasteiger partial charge in [0.05, 0.1) is 22.8 Å². The van der Waals surface area contributed by atoms with Crippen LogP contribution in [0.4, 0.5) is 5.69 Å². The topological polar surface area (TPSA) is 57.6 Å². The number of nitrogens with zero attached hydrogens (tertiary/aromatic N) is 1. The number of carbonyl (C=O) groups excluding carboxylic acids is 2. The molecule has 0 aromatic heterocycles. The lowest BCUT2D eigenvalue weighted by Crippen LogP contribution is -2.31. The highest BCUT2D eigenvalue weighted by molar-refractivity contribution is 8.04. The fourth-order valence-electron chi connectivity index (χ4n) is 2.51. The van der Waals surface area contributed by atoms with Gasteiger partial charge in [0.25, 0.3) is 11.8 Å². The molecule has 1 aliphatic rings. The summed E-state index contributed by atoms with van der Waals surface area (Å²) in [6.07, 6.45) is 0. The van der Waals surface area contributed by atoms with Crippen LogP contribution in [0.2, 0.25) is 10.0 Å². The first kappa shape index (κ1) is 18.0. The molecule has 1 aliphatic heterocycles. The Morgan fingerprint density at radius 3 is 2.32 bits per heavy atom. The number of aliphatic hydroxyl groups is 1. The van der Waals surface area contributed by atoms with Crippen LogP contribution in [0.5, 0.6) is 0 Å². The van der Waals surface area contributed by atoms with Crippen molar-refractivity contribution >= 4 is 58.0 Å². The molecule has 2 aromatic carbocycles. The summed E-state index contributed by atoms with van der Waals surface area (Å²) in [5, 5.41) is 10.1. The monoisotopic (exact) mass is 393 g/mol. The van der Waals surface area contributed by atoms with Gasteiger partial charge in [-0.25, -0.2) is 4.90 Å². The maximum atomic E-state index is 13.0. The van der Waals surface area contributed by atoms with Gasteiger partial charge in [-0.15, -0.1) is 11.8 Å². The van der Waals surface area contributed by atoms with Crippen molar-refractivity contribution in [1.29, 1.82) is 0 Å². The number of carbonyl (C=O) groups is 2. The van der Waals surface area contributed by atoms with E-state index in [0.717, 1.165) is 16.7 Å². The van der Waals surface area contributed by atoms with Gasteiger partial charge < -0.3 is 5.11 Å². The van der Waals surface area contributed by atoms with Crippen molar-refractivity contribution < 1.29 is 14.7 Å². The highest BCUT2D eigenvalue weighted by Gasteiger charge is 2.40. The molecule has 2 amide bonds. The number of anilines is 1. The average molecular weight is 394 g/mol. The second kappa shape index (κ2) is 7.62. The number of halogens is 2. The van der Waals surface area contributed by atoms with Gasteiger partial charge in [0.15, 0.2) is 0 Å². The van der Waals surface area contributed by atoms with Crippen LogP contribution >= 0.6 is 35.0 Å². The summed E-state index contributed by atoms with van der Waals surface area (Å²) in [5.74, 6) is -0.528. The summed E-state index contributed by atoms with van der Waals surface area (Å²) in [6, 6.07) is 13.3. The number of benzene rings is 2. The molecule has 4 nitrogen and oxygen atoms in total. The first-order valence-electron chi connectivity index (χ1n) is 7.41. The van der Waals surface area contributed by atoms with E-state index in [1.54, 1.807) is 48.5 Å². The molecule has 0 fully saturated rings. The van der Waals surface area contributed by atoms with Crippen LogP contribution in [0.15, 0.2) is 53.4 Å². The molecule has 0 aliphatic carbocycles. The second-order valence-electron chi connectivity index (χ2n) is 5.21. The number of amides is 2. The fraction of sp³-hybridized carbons (Fsp3) is 0.111. The third-order valence-corrected chi connectivity index (χ3v) is 5.12. The SMILES string of the molecule is O=C1C(SCCO)=C(c2ccc(Cl)cc2)C(=O)N1c1cccc(Cl)c1. The van der Waals surface area contributed by atoms with Crippen LogP contribution in [0.3, 0.4) is 0 Å². The van der Waals surface area contributed by atoms with Crippen molar-refractivity contribution in [3.05, 3.63) is 69.0 Å². The lowest BCUT2D eigenvalue weighted by atomic mass is 10.1. The number of rotatable bonds is 5. The maximum Gasteiger partial charge on any atom is 0.272 e. The number of hydrogen-bond acceptors (Lipinski definition) is 4. The predicted molar refractivity (Wildman–Crippen MR) is 102 cm³/mol. The maximum absolute atomic E-state index is 13.0. The van der Waals surface area contributed by atoms with Gasteiger partial charge in [-0.05, 0) is 35.9 Å². The summed E-state index contributed by atoms with van der Waals surface area (Å²) in [4.78, 5) is 27.3. The molecule has 0 bridgehead atoms. The Kier molecular flexibility index (Phi) is 5.49. The van der Waals surface area contributed by atoms with Gasteiger partial charge in [0.2, 0.25) is 0 Å². The molecule has 128 valence electrons. The van der Waals surface area contributed by atoms with Crippen molar-refractivity contribution in [2.45, 2.75) is 0 Å². The molecular weight excluding hydrogens is 381 g/mol. The molecule has 0 saturated carbocycles. The number of hydrogen-bond donors (Lipinski definition) is 1. The molecule has 1 heterocycles. The Balaban J connectivity index is 2.07. The molecule has 0 unspecified atom stereocenters. The minimum absolute atomic E-state index is 0.0965. The Hall–Kier alpha value is -1.79. The Morgan fingerprint density at radius 1 is 0.960 bits per heavy atom. The van der Waals surface area contributed by atoms with E-state index in [-0.39, 0.29) is 6.61 Å². The smallest absolute Gasteiger partial charge is 0.272 e. The summed E-state index contributed by atoms with van der Waals surface area (Å²) >= 11 is 13.1. The number of imide groups is 1. The van der Waals surface area contributed by atoms with Crippen LogP contribution < -0.4 is 4.90 Å². The zero-order chi connectivity index (χ0) is 18.0. The van der Waals surface area contributed by atoms with Gasteiger partial charge in [-0.1, -0.05) is 41.4 Å². The van der Waals surface area contributed by atoms with Gasteiger partial charge in [0.1, 0.15) is 0 Å². The molecule has 25 heavy (non-hydrogen) atoms. The lowest BCUT2D eigenvalue weighted by molar-refractivity contribution is -0.119. The summed E-state index contributed by atoms with van der Waals surface area (Å²) < 4.78 is 0. The molecule has 0 atom stereocenters. The number of aliphatic hydroxyl groups excluding tert-OH is 1. The zero-order valence-electron chi connectivity index (χ0n) is 12.9. The van der Waals surface area contributed by atoms with E-state index in [2.05, 4.69) is 0 Å². The van der Waals surface area contributed by atoms with E-state index in [4.69, 9.17) is 28.3 Å². The largest absolute Gasteiger partial charge is 0.396 e. The third-order valence-electron chi connectivity index (χ3n) is 3.58. The first-order valence-corrected chi connectivity index (χ1v) is 9.15. The highest BCUT2D eigenvalue weighted by atomic mass is 35.5. The van der Waals surface area contributed by atoms with Crippen LogP contribution in [0.1, 0.15) is 5.56 Å². The average Bonchev–Trinajstić information content (AvgIpc) is 2.84. The molecule has 0 radical (unpaired) electrons. The first-order chi connectivity index (χ1) is 12.0. The highest BCUT2D eigenvalue weighted by Crippen LogP contribution is 2.38. The van der Waals surface area contributed by atoms with E-state index >= 15 is 0 Å². The normalized spacial score (nSPS) is 14.6. The minimum Gasteiger partial charge on any atom is -0.396 e. The lowest BCUT2D eigenvalue weighted by Gasteiger charge is -2.15. The van der Waals surface area contributed by atoms with Crippen LogP contribution in [-0.4, -0.2) is 29.3 Å². The van der Waals surface area contributed by atoms with Gasteiger partial charge in [0, 0.05) is 15.8 Å². The van der Waals surface area contributed by atoms with E-state index < -0.39 is 11.8 Å². The van der Waals surface area contributed by atoms with Crippen LogP contribution in [-0.2, 0) is 9.59 Å². The predicted octanol–water partition coefficient (Wildman–Crippen LogP) is 4.00. The molecule has 0 spiro atoms. The fourth-order valence-corrected chi connectivity index (χ4v) is 3.68. The van der Waals surface area contributed by atoms with Crippen molar-refractivity contribution in [1.82, 2.24) is 0 Å². The summed E-state index contributed by atoms with van der Waals surface area (Å²) in [6.45, 7) is -0.0965. The van der Waals surface area contributed by atoms with Crippen LogP contribution in [0.25, 0.3) is 5.57 Å². The Morgan fingerprint density at radius 2 is 1.68 bits per heavy atom. The van der Waals surface area contributed by atoms with Crippen molar-refractivity contribution in [3.8, 4) is 0 Å². The molecule has 0 saturated heterocycles. The van der Waals surface area contributed by atoms with Gasteiger partial charge in [-0.2, -0.15) is 0 Å².